The zero-order chi connectivity index (χ0) is 18.9. The molecule has 0 aromatic heterocycles. The van der Waals surface area contributed by atoms with Crippen molar-refractivity contribution in [3.8, 4) is 5.75 Å². The summed E-state index contributed by atoms with van der Waals surface area (Å²) in [5.41, 5.74) is 0. The van der Waals surface area contributed by atoms with E-state index >= 15 is 0 Å². The summed E-state index contributed by atoms with van der Waals surface area (Å²) in [6, 6.07) is 5.18. The smallest absolute Gasteiger partial charge is 0.394 e. The van der Waals surface area contributed by atoms with Gasteiger partial charge in [-0.15, -0.1) is 0 Å². The van der Waals surface area contributed by atoms with Gasteiger partial charge in [0.05, 0.1) is 4.90 Å². The van der Waals surface area contributed by atoms with Crippen molar-refractivity contribution in [2.75, 3.05) is 0 Å². The van der Waals surface area contributed by atoms with E-state index in [1.807, 2.05) is 0 Å². The van der Waals surface area contributed by atoms with E-state index in [9.17, 15) is 21.9 Å². The van der Waals surface area contributed by atoms with Gasteiger partial charge in [0.1, 0.15) is 10.6 Å². The van der Waals surface area contributed by atoms with Crippen molar-refractivity contribution in [2.24, 2.45) is 0 Å². The van der Waals surface area contributed by atoms with E-state index < -0.39 is 40.4 Å². The van der Waals surface area contributed by atoms with Crippen LogP contribution in [0, 0.1) is 0 Å². The third kappa shape index (κ3) is 6.00. The third-order valence-electron chi connectivity index (χ3n) is 2.45. The predicted octanol–water partition coefficient (Wildman–Crippen LogP) is 0.386. The minimum absolute atomic E-state index is 0.0603. The van der Waals surface area contributed by atoms with Gasteiger partial charge in [0, 0.05) is 5.39 Å². The molecule has 2 aromatic rings. The van der Waals surface area contributed by atoms with Crippen molar-refractivity contribution < 1.29 is 48.6 Å². The highest BCUT2D eigenvalue weighted by molar-refractivity contribution is 7.86. The topological polar surface area (TPSA) is 204 Å². The van der Waals surface area contributed by atoms with Gasteiger partial charge in [-0.25, -0.2) is 0 Å². The second kappa shape index (κ2) is 6.60. The van der Waals surface area contributed by atoms with Gasteiger partial charge >= 0.3 is 10.4 Å². The van der Waals surface area contributed by atoms with Gasteiger partial charge in [-0.3, -0.25) is 18.2 Å². The molecule has 0 fully saturated rings. The summed E-state index contributed by atoms with van der Waals surface area (Å²) in [4.78, 5) is -1.38. The molecule has 0 bridgehead atoms. The van der Waals surface area contributed by atoms with Gasteiger partial charge in [-0.2, -0.15) is 25.3 Å². The molecule has 5 N–H and O–H groups in total. The Morgan fingerprint density at radius 3 is 1.62 bits per heavy atom. The van der Waals surface area contributed by atoms with Crippen molar-refractivity contribution >= 4 is 41.4 Å². The Balaban J connectivity index is 0.000000505. The van der Waals surface area contributed by atoms with Crippen LogP contribution in [0.2, 0.25) is 0 Å². The Labute approximate surface area is 136 Å². The van der Waals surface area contributed by atoms with Crippen molar-refractivity contribution in [1.82, 2.24) is 0 Å². The average molecular weight is 402 g/mol. The maximum absolute atomic E-state index is 11.2. The molecule has 2 aromatic carbocycles. The van der Waals surface area contributed by atoms with Crippen LogP contribution in [0.3, 0.4) is 0 Å². The standard InChI is InChI=1S/C10H8O7S2.H2O4S/c11-7-2-1-6-3-8(18(12,13)14)5-10(9(6)4-7)19(15,16)17;1-5(2,3)4/h1-5,11H,(H,12,13,14)(H,15,16,17);(H2,1,2,3,4). The molecule has 14 heteroatoms. The second-order valence-electron chi connectivity index (χ2n) is 4.22. The molecule has 0 aliphatic heterocycles. The number of benzene rings is 2. The third-order valence-corrected chi connectivity index (χ3v) is 4.17. The fraction of sp³-hybridized carbons (Fsp3) is 0. The molecule has 24 heavy (non-hydrogen) atoms. The average Bonchev–Trinajstić information content (AvgIpc) is 2.32. The molecule has 0 aliphatic rings. The predicted molar refractivity (Wildman–Crippen MR) is 79.4 cm³/mol. The van der Waals surface area contributed by atoms with Gasteiger partial charge in [0.25, 0.3) is 20.2 Å². The summed E-state index contributed by atoms with van der Waals surface area (Å²) < 4.78 is 94.2. The zero-order valence-electron chi connectivity index (χ0n) is 11.3. The number of rotatable bonds is 2. The van der Waals surface area contributed by atoms with Crippen LogP contribution in [0.25, 0.3) is 10.8 Å². The molecule has 0 radical (unpaired) electrons. The fourth-order valence-electron chi connectivity index (χ4n) is 1.65. The fourth-order valence-corrected chi connectivity index (χ4v) is 3.00. The minimum atomic E-state index is -4.72. The summed E-state index contributed by atoms with van der Waals surface area (Å²) in [6.45, 7) is 0. The highest BCUT2D eigenvalue weighted by Crippen LogP contribution is 2.29. The lowest BCUT2D eigenvalue weighted by molar-refractivity contribution is 0.380. The Morgan fingerprint density at radius 2 is 1.21 bits per heavy atom. The van der Waals surface area contributed by atoms with Crippen LogP contribution in [0.1, 0.15) is 0 Å². The Bertz CT molecular complexity index is 1070. The number of phenols is 1. The van der Waals surface area contributed by atoms with Crippen molar-refractivity contribution in [1.29, 1.82) is 0 Å². The first-order valence-electron chi connectivity index (χ1n) is 5.50. The number of fused-ring (bicyclic) bond motifs is 1. The molecule has 0 saturated heterocycles. The summed E-state index contributed by atoms with van der Waals surface area (Å²) >= 11 is 0. The van der Waals surface area contributed by atoms with Crippen LogP contribution in [0.4, 0.5) is 0 Å². The molecule has 0 atom stereocenters. The first kappa shape index (κ1) is 20.2. The van der Waals surface area contributed by atoms with Crippen LogP contribution in [-0.2, 0) is 30.6 Å². The number of aromatic hydroxyl groups is 1. The van der Waals surface area contributed by atoms with Gasteiger partial charge in [-0.1, -0.05) is 6.07 Å². The summed E-state index contributed by atoms with van der Waals surface area (Å²) in [5, 5.41) is 9.37. The molecular weight excluding hydrogens is 392 g/mol. The molecule has 0 saturated carbocycles. The highest BCUT2D eigenvalue weighted by Gasteiger charge is 2.20. The van der Waals surface area contributed by atoms with Crippen LogP contribution >= 0.6 is 0 Å². The maximum atomic E-state index is 11.2. The normalized spacial score (nSPS) is 12.5. The molecule has 0 amide bonds. The van der Waals surface area contributed by atoms with E-state index in [-0.39, 0.29) is 16.5 Å². The highest BCUT2D eigenvalue weighted by atomic mass is 32.3. The Kier molecular flexibility index (Phi) is 5.56. The lowest BCUT2D eigenvalue weighted by Crippen LogP contribution is -2.04. The lowest BCUT2D eigenvalue weighted by atomic mass is 10.1. The molecule has 11 nitrogen and oxygen atoms in total. The van der Waals surface area contributed by atoms with Crippen molar-refractivity contribution in [2.45, 2.75) is 9.79 Å². The van der Waals surface area contributed by atoms with Gasteiger partial charge in [0.15, 0.2) is 0 Å². The number of hydrogen-bond acceptors (Lipinski definition) is 7. The van der Waals surface area contributed by atoms with Crippen molar-refractivity contribution in [3.63, 3.8) is 0 Å². The van der Waals surface area contributed by atoms with Gasteiger partial charge in [0.2, 0.25) is 0 Å². The number of hydrogen-bond donors (Lipinski definition) is 5. The van der Waals surface area contributed by atoms with E-state index in [4.69, 9.17) is 26.6 Å². The van der Waals surface area contributed by atoms with Gasteiger partial charge < -0.3 is 5.11 Å². The molecule has 0 heterocycles. The van der Waals surface area contributed by atoms with Crippen molar-refractivity contribution in [3.05, 3.63) is 30.3 Å². The molecular formula is C10H10O11S3. The van der Waals surface area contributed by atoms with Crippen LogP contribution < -0.4 is 0 Å². The summed E-state index contributed by atoms with van der Waals surface area (Å²) in [6.07, 6.45) is 0. The van der Waals surface area contributed by atoms with Crippen LogP contribution in [-0.4, -0.2) is 48.6 Å². The maximum Gasteiger partial charge on any atom is 0.394 e. The van der Waals surface area contributed by atoms with Crippen LogP contribution in [0.15, 0.2) is 40.1 Å². The minimum Gasteiger partial charge on any atom is -0.508 e. The first-order valence-corrected chi connectivity index (χ1v) is 9.78. The van der Waals surface area contributed by atoms with E-state index in [0.717, 1.165) is 12.1 Å². The first-order chi connectivity index (χ1) is 10.6. The molecule has 2 rings (SSSR count). The number of phenolic OH excluding ortho intramolecular Hbond substituents is 1. The second-order valence-corrected chi connectivity index (χ2v) is 7.93. The zero-order valence-corrected chi connectivity index (χ0v) is 13.7. The molecule has 0 spiro atoms. The molecule has 0 unspecified atom stereocenters. The monoisotopic (exact) mass is 402 g/mol. The Hall–Kier alpha value is -1.81. The largest absolute Gasteiger partial charge is 0.508 e. The summed E-state index contributed by atoms with van der Waals surface area (Å²) in [5.74, 6) is -0.253. The van der Waals surface area contributed by atoms with E-state index in [1.54, 1.807) is 0 Å². The Morgan fingerprint density at radius 1 is 0.708 bits per heavy atom. The van der Waals surface area contributed by atoms with E-state index in [1.165, 1.54) is 12.1 Å². The van der Waals surface area contributed by atoms with E-state index in [2.05, 4.69) is 0 Å². The quantitative estimate of drug-likeness (QED) is 0.434. The lowest BCUT2D eigenvalue weighted by Gasteiger charge is -2.07. The van der Waals surface area contributed by atoms with E-state index in [0.29, 0.717) is 6.07 Å². The van der Waals surface area contributed by atoms with Gasteiger partial charge in [-0.05, 0) is 29.7 Å². The summed E-state index contributed by atoms with van der Waals surface area (Å²) in [7, 11) is -14.0. The van der Waals surface area contributed by atoms with Crippen LogP contribution in [0.5, 0.6) is 5.75 Å². The molecule has 0 aliphatic carbocycles. The SMILES string of the molecule is O=S(=O)(O)O.O=S(=O)(O)c1cc(S(=O)(=O)O)c2cc(O)ccc2c1. The molecule has 134 valence electrons.